The van der Waals surface area contributed by atoms with Crippen molar-refractivity contribution in [1.82, 2.24) is 5.32 Å². The molecule has 0 saturated carbocycles. The lowest BCUT2D eigenvalue weighted by atomic mass is 10.2. The van der Waals surface area contributed by atoms with E-state index in [1.54, 1.807) is 24.3 Å². The van der Waals surface area contributed by atoms with Crippen LogP contribution in [0.2, 0.25) is 5.02 Å². The largest absolute Gasteiger partial charge is 0.452 e. The van der Waals surface area contributed by atoms with Crippen LogP contribution in [0.1, 0.15) is 19.4 Å². The molecule has 1 rings (SSSR count). The number of nitrogens with one attached hydrogen (secondary N) is 1. The van der Waals surface area contributed by atoms with Gasteiger partial charge in [0.15, 0.2) is 6.61 Å². The van der Waals surface area contributed by atoms with Crippen LogP contribution in [-0.4, -0.2) is 25.0 Å². The summed E-state index contributed by atoms with van der Waals surface area (Å²) in [5.74, 6) is -0.530. The topological polar surface area (TPSA) is 55.4 Å². The number of carbonyl (C=O) groups is 2. The predicted molar refractivity (Wildman–Crippen MR) is 79.3 cm³/mol. The molecular weight excluding hydrogens is 278 g/mol. The smallest absolute Gasteiger partial charge is 0.331 e. The Labute approximate surface area is 123 Å². The number of hydrogen-bond donors (Lipinski definition) is 1. The maximum atomic E-state index is 11.4. The molecule has 1 aromatic carbocycles. The van der Waals surface area contributed by atoms with Gasteiger partial charge >= 0.3 is 5.97 Å². The first-order chi connectivity index (χ1) is 9.49. The van der Waals surface area contributed by atoms with Gasteiger partial charge in [0.2, 0.25) is 0 Å². The zero-order chi connectivity index (χ0) is 15.0. The summed E-state index contributed by atoms with van der Waals surface area (Å²) in [6.07, 6.45) is 2.80. The number of rotatable bonds is 6. The third-order valence-electron chi connectivity index (χ3n) is 2.36. The molecular formula is C15H18ClNO3. The minimum atomic E-state index is -0.579. The monoisotopic (exact) mass is 295 g/mol. The minimum Gasteiger partial charge on any atom is -0.452 e. The van der Waals surface area contributed by atoms with E-state index in [0.29, 0.717) is 17.5 Å². The highest BCUT2D eigenvalue weighted by atomic mass is 35.5. The molecule has 0 radical (unpaired) electrons. The van der Waals surface area contributed by atoms with Crippen LogP contribution in [0.5, 0.6) is 0 Å². The summed E-state index contributed by atoms with van der Waals surface area (Å²) in [6, 6.07) is 7.13. The van der Waals surface area contributed by atoms with Gasteiger partial charge in [-0.05, 0) is 23.6 Å². The number of benzene rings is 1. The molecule has 0 saturated heterocycles. The van der Waals surface area contributed by atoms with Crippen LogP contribution in [0, 0.1) is 5.92 Å². The summed E-state index contributed by atoms with van der Waals surface area (Å²) in [6.45, 7) is 4.25. The summed E-state index contributed by atoms with van der Waals surface area (Å²) in [5.41, 5.74) is 0.718. The summed E-state index contributed by atoms with van der Waals surface area (Å²) >= 11 is 5.94. The summed E-state index contributed by atoms with van der Waals surface area (Å²) < 4.78 is 4.82. The first-order valence-corrected chi connectivity index (χ1v) is 6.73. The van der Waals surface area contributed by atoms with Gasteiger partial charge in [-0.1, -0.05) is 43.6 Å². The fourth-order valence-electron chi connectivity index (χ4n) is 1.32. The van der Waals surface area contributed by atoms with Gasteiger partial charge in [-0.15, -0.1) is 0 Å². The number of esters is 1. The van der Waals surface area contributed by atoms with Crippen molar-refractivity contribution < 1.29 is 14.3 Å². The average Bonchev–Trinajstić information content (AvgIpc) is 2.42. The highest BCUT2D eigenvalue weighted by Crippen LogP contribution is 2.16. The molecule has 1 N–H and O–H groups in total. The summed E-state index contributed by atoms with van der Waals surface area (Å²) in [7, 11) is 0. The quantitative estimate of drug-likeness (QED) is 0.648. The van der Waals surface area contributed by atoms with Crippen molar-refractivity contribution in [3.63, 3.8) is 0 Å². The maximum Gasteiger partial charge on any atom is 0.331 e. The second kappa shape index (κ2) is 8.38. The third-order valence-corrected chi connectivity index (χ3v) is 2.70. The summed E-state index contributed by atoms with van der Waals surface area (Å²) in [4.78, 5) is 22.8. The number of ether oxygens (including phenoxy) is 1. The molecule has 0 aliphatic heterocycles. The highest BCUT2D eigenvalue weighted by Gasteiger charge is 2.05. The van der Waals surface area contributed by atoms with Crippen molar-refractivity contribution in [2.24, 2.45) is 5.92 Å². The second-order valence-electron chi connectivity index (χ2n) is 4.66. The Hall–Kier alpha value is -1.81. The van der Waals surface area contributed by atoms with Gasteiger partial charge in [-0.2, -0.15) is 0 Å². The molecule has 0 atom stereocenters. The molecule has 108 valence electrons. The first kappa shape index (κ1) is 16.2. The van der Waals surface area contributed by atoms with Crippen molar-refractivity contribution in [2.75, 3.05) is 13.2 Å². The Kier molecular flexibility index (Phi) is 6.81. The van der Waals surface area contributed by atoms with Crippen molar-refractivity contribution in [3.05, 3.63) is 40.9 Å². The van der Waals surface area contributed by atoms with Crippen LogP contribution in [-0.2, 0) is 14.3 Å². The van der Waals surface area contributed by atoms with Crippen LogP contribution in [0.15, 0.2) is 30.3 Å². The average molecular weight is 296 g/mol. The van der Waals surface area contributed by atoms with Gasteiger partial charge < -0.3 is 10.1 Å². The van der Waals surface area contributed by atoms with Gasteiger partial charge in [0.05, 0.1) is 0 Å². The van der Waals surface area contributed by atoms with Gasteiger partial charge in [-0.3, -0.25) is 4.79 Å². The molecule has 5 heteroatoms. The predicted octanol–water partition coefficient (Wildman–Crippen LogP) is 2.67. The highest BCUT2D eigenvalue weighted by molar-refractivity contribution is 6.32. The number of carbonyl (C=O) groups excluding carboxylic acids is 2. The van der Waals surface area contributed by atoms with Gasteiger partial charge in [-0.25, -0.2) is 4.79 Å². The lowest BCUT2D eigenvalue weighted by Gasteiger charge is -2.07. The Bertz CT molecular complexity index is 498. The van der Waals surface area contributed by atoms with Gasteiger partial charge in [0, 0.05) is 17.6 Å². The molecule has 0 heterocycles. The Balaban J connectivity index is 2.37. The van der Waals surface area contributed by atoms with E-state index >= 15 is 0 Å². The normalized spacial score (nSPS) is 10.8. The zero-order valence-electron chi connectivity index (χ0n) is 11.6. The van der Waals surface area contributed by atoms with E-state index in [2.05, 4.69) is 5.32 Å². The molecule has 1 aromatic rings. The fourth-order valence-corrected chi connectivity index (χ4v) is 1.52. The Morgan fingerprint density at radius 1 is 1.35 bits per heavy atom. The van der Waals surface area contributed by atoms with Crippen LogP contribution < -0.4 is 5.32 Å². The maximum absolute atomic E-state index is 11.4. The number of halogens is 1. The third kappa shape index (κ3) is 6.38. The molecule has 0 fully saturated rings. The standard InChI is InChI=1S/C15H18ClNO3/c1-11(2)9-17-14(18)10-20-15(19)8-7-12-5-3-4-6-13(12)16/h3-8,11H,9-10H2,1-2H3,(H,17,18). The SMILES string of the molecule is CC(C)CNC(=O)COC(=O)C=Cc1ccccc1Cl. The van der Waals surface area contributed by atoms with E-state index in [0.717, 1.165) is 5.56 Å². The van der Waals surface area contributed by atoms with Gasteiger partial charge in [0.1, 0.15) is 0 Å². The molecule has 1 amide bonds. The first-order valence-electron chi connectivity index (χ1n) is 6.35. The van der Waals surface area contributed by atoms with Crippen LogP contribution in [0.3, 0.4) is 0 Å². The second-order valence-corrected chi connectivity index (χ2v) is 5.07. The van der Waals surface area contributed by atoms with E-state index in [4.69, 9.17) is 16.3 Å². The minimum absolute atomic E-state index is 0.279. The molecule has 0 unspecified atom stereocenters. The molecule has 0 spiro atoms. The van der Waals surface area contributed by atoms with Crippen molar-refractivity contribution in [1.29, 1.82) is 0 Å². The molecule has 0 bridgehead atoms. The van der Waals surface area contributed by atoms with Crippen molar-refractivity contribution in [3.8, 4) is 0 Å². The van der Waals surface area contributed by atoms with Crippen LogP contribution in [0.4, 0.5) is 0 Å². The van der Waals surface area contributed by atoms with E-state index < -0.39 is 5.97 Å². The Morgan fingerprint density at radius 3 is 2.70 bits per heavy atom. The van der Waals surface area contributed by atoms with Crippen LogP contribution in [0.25, 0.3) is 6.08 Å². The van der Waals surface area contributed by atoms with Crippen molar-refractivity contribution in [2.45, 2.75) is 13.8 Å². The molecule has 4 nitrogen and oxygen atoms in total. The number of hydrogen-bond acceptors (Lipinski definition) is 3. The van der Waals surface area contributed by atoms with Crippen molar-refractivity contribution >= 4 is 29.6 Å². The molecule has 0 aliphatic rings. The molecule has 20 heavy (non-hydrogen) atoms. The van der Waals surface area contributed by atoms with E-state index in [9.17, 15) is 9.59 Å². The van der Waals surface area contributed by atoms with Gasteiger partial charge in [0.25, 0.3) is 5.91 Å². The van der Waals surface area contributed by atoms with E-state index in [1.165, 1.54) is 6.08 Å². The number of amides is 1. The van der Waals surface area contributed by atoms with E-state index in [1.807, 2.05) is 19.9 Å². The zero-order valence-corrected chi connectivity index (χ0v) is 12.3. The van der Waals surface area contributed by atoms with E-state index in [-0.39, 0.29) is 12.5 Å². The summed E-state index contributed by atoms with van der Waals surface area (Å²) in [5, 5.41) is 3.21. The lowest BCUT2D eigenvalue weighted by molar-refractivity contribution is -0.143. The lowest BCUT2D eigenvalue weighted by Crippen LogP contribution is -2.31. The van der Waals surface area contributed by atoms with Crippen LogP contribution >= 0.6 is 11.6 Å². The Morgan fingerprint density at radius 2 is 2.05 bits per heavy atom. The fraction of sp³-hybridized carbons (Fsp3) is 0.333. The molecule has 0 aromatic heterocycles. The molecule has 0 aliphatic carbocycles.